The molecular formula is C15H11Cl3O3. The molecule has 0 saturated heterocycles. The first-order chi connectivity index (χ1) is 10.1. The molecule has 2 aromatic rings. The van der Waals surface area contributed by atoms with Crippen molar-refractivity contribution in [3.8, 4) is 11.5 Å². The van der Waals surface area contributed by atoms with Crippen LogP contribution in [0.15, 0.2) is 36.4 Å². The molecule has 0 atom stereocenters. The smallest absolute Gasteiger partial charge is 0.157 e. The molecule has 0 aliphatic rings. The molecule has 6 heteroatoms. The highest BCUT2D eigenvalue weighted by Gasteiger charge is 2.11. The lowest BCUT2D eigenvalue weighted by atomic mass is 10.2. The number of aldehydes is 1. The normalized spacial score (nSPS) is 10.2. The maximum absolute atomic E-state index is 10.3. The molecule has 21 heavy (non-hydrogen) atoms. The van der Waals surface area contributed by atoms with Gasteiger partial charge < -0.3 is 9.47 Å². The van der Waals surface area contributed by atoms with Gasteiger partial charge in [0.1, 0.15) is 19.0 Å². The molecule has 0 fully saturated rings. The monoisotopic (exact) mass is 344 g/mol. The van der Waals surface area contributed by atoms with E-state index in [1.54, 1.807) is 18.2 Å². The zero-order chi connectivity index (χ0) is 15.2. The largest absolute Gasteiger partial charge is 0.486 e. The minimum Gasteiger partial charge on any atom is -0.486 e. The average molecular weight is 346 g/mol. The van der Waals surface area contributed by atoms with Gasteiger partial charge in [0.25, 0.3) is 0 Å². The van der Waals surface area contributed by atoms with E-state index < -0.39 is 0 Å². The number of hydrogen-bond acceptors (Lipinski definition) is 3. The van der Waals surface area contributed by atoms with Gasteiger partial charge in [-0.3, -0.25) is 4.79 Å². The number of rotatable bonds is 6. The molecule has 0 saturated carbocycles. The molecule has 0 N–H and O–H groups in total. The van der Waals surface area contributed by atoms with Gasteiger partial charge in [-0.15, -0.1) is 0 Å². The fourth-order valence-electron chi connectivity index (χ4n) is 1.65. The predicted molar refractivity (Wildman–Crippen MR) is 83.8 cm³/mol. The zero-order valence-corrected chi connectivity index (χ0v) is 13.1. The first-order valence-corrected chi connectivity index (χ1v) is 7.17. The molecule has 0 heterocycles. The van der Waals surface area contributed by atoms with E-state index in [2.05, 4.69) is 0 Å². The molecule has 0 amide bonds. The Hall–Kier alpha value is -1.42. The molecule has 0 aromatic heterocycles. The minimum atomic E-state index is -0.0630. The van der Waals surface area contributed by atoms with Crippen LogP contribution in [0.1, 0.15) is 5.56 Å². The molecule has 0 unspecified atom stereocenters. The van der Waals surface area contributed by atoms with E-state index in [1.807, 2.05) is 18.2 Å². The van der Waals surface area contributed by atoms with Crippen molar-refractivity contribution in [3.63, 3.8) is 0 Å². The Balaban J connectivity index is 2.13. The Morgan fingerprint density at radius 3 is 2.24 bits per heavy atom. The van der Waals surface area contributed by atoms with Gasteiger partial charge in [0.05, 0.1) is 10.0 Å². The van der Waals surface area contributed by atoms with Crippen molar-refractivity contribution >= 4 is 41.1 Å². The molecule has 0 bridgehead atoms. The third-order valence-electron chi connectivity index (χ3n) is 2.62. The molecule has 2 aromatic carbocycles. The summed E-state index contributed by atoms with van der Waals surface area (Å²) in [6, 6.07) is 10.4. The Bertz CT molecular complexity index is 621. The Morgan fingerprint density at radius 1 is 0.952 bits per heavy atom. The van der Waals surface area contributed by atoms with Crippen LogP contribution in [0.5, 0.6) is 11.5 Å². The van der Waals surface area contributed by atoms with E-state index in [9.17, 15) is 4.79 Å². The first-order valence-electron chi connectivity index (χ1n) is 6.03. The van der Waals surface area contributed by atoms with Crippen LogP contribution >= 0.6 is 34.8 Å². The van der Waals surface area contributed by atoms with Crippen molar-refractivity contribution < 1.29 is 14.3 Å². The second kappa shape index (κ2) is 7.55. The van der Waals surface area contributed by atoms with Crippen LogP contribution in [0.3, 0.4) is 0 Å². The maximum atomic E-state index is 10.3. The van der Waals surface area contributed by atoms with Gasteiger partial charge in [-0.1, -0.05) is 53.0 Å². The van der Waals surface area contributed by atoms with Crippen molar-refractivity contribution in [2.24, 2.45) is 0 Å². The number of benzene rings is 2. The highest BCUT2D eigenvalue weighted by atomic mass is 35.5. The lowest BCUT2D eigenvalue weighted by Crippen LogP contribution is -2.00. The molecule has 0 aliphatic carbocycles. The first kappa shape index (κ1) is 16.0. The van der Waals surface area contributed by atoms with E-state index in [1.165, 1.54) is 0 Å². The van der Waals surface area contributed by atoms with E-state index in [0.717, 1.165) is 5.56 Å². The average Bonchev–Trinajstić information content (AvgIpc) is 2.46. The van der Waals surface area contributed by atoms with Gasteiger partial charge in [0.15, 0.2) is 12.0 Å². The van der Waals surface area contributed by atoms with Crippen molar-refractivity contribution in [2.75, 3.05) is 6.61 Å². The highest BCUT2D eigenvalue weighted by Crippen LogP contribution is 2.37. The van der Waals surface area contributed by atoms with E-state index in [-0.39, 0.29) is 13.2 Å². The van der Waals surface area contributed by atoms with Gasteiger partial charge in [0.2, 0.25) is 0 Å². The fraction of sp³-hybridized carbons (Fsp3) is 0.133. The fourth-order valence-corrected chi connectivity index (χ4v) is 2.42. The minimum absolute atomic E-state index is 0.0630. The van der Waals surface area contributed by atoms with Crippen LogP contribution in [0, 0.1) is 0 Å². The van der Waals surface area contributed by atoms with Crippen LogP contribution in [0.25, 0.3) is 0 Å². The van der Waals surface area contributed by atoms with Gasteiger partial charge in [-0.2, -0.15) is 0 Å². The van der Waals surface area contributed by atoms with Gasteiger partial charge in [0, 0.05) is 22.7 Å². The summed E-state index contributed by atoms with van der Waals surface area (Å²) in [5.74, 6) is 0.749. The Morgan fingerprint density at radius 2 is 1.62 bits per heavy atom. The zero-order valence-electron chi connectivity index (χ0n) is 10.8. The lowest BCUT2D eigenvalue weighted by molar-refractivity contribution is -0.109. The molecule has 0 radical (unpaired) electrons. The SMILES string of the molecule is O=CCOc1cc(Cl)c(OCc2ccccc2Cl)c(Cl)c1. The standard InChI is InChI=1S/C15H11Cl3O3/c16-12-4-2-1-3-10(12)9-21-15-13(17)7-11(8-14(15)18)20-6-5-19/h1-5,7-8H,6,9H2. The number of carbonyl (C=O) groups excluding carboxylic acids is 1. The quantitative estimate of drug-likeness (QED) is 0.705. The second-order valence-corrected chi connectivity index (χ2v) is 5.30. The van der Waals surface area contributed by atoms with Crippen LogP contribution < -0.4 is 9.47 Å². The van der Waals surface area contributed by atoms with E-state index >= 15 is 0 Å². The third-order valence-corrected chi connectivity index (χ3v) is 3.55. The van der Waals surface area contributed by atoms with Crippen LogP contribution in [0.4, 0.5) is 0 Å². The molecular weight excluding hydrogens is 335 g/mol. The number of halogens is 3. The molecule has 0 aliphatic heterocycles. The van der Waals surface area contributed by atoms with Gasteiger partial charge >= 0.3 is 0 Å². The summed E-state index contributed by atoms with van der Waals surface area (Å²) in [6.07, 6.45) is 0.642. The van der Waals surface area contributed by atoms with E-state index in [0.29, 0.717) is 32.9 Å². The summed E-state index contributed by atoms with van der Waals surface area (Å²) in [7, 11) is 0. The maximum Gasteiger partial charge on any atom is 0.157 e. The van der Waals surface area contributed by atoms with Crippen molar-refractivity contribution in [1.82, 2.24) is 0 Å². The summed E-state index contributed by atoms with van der Waals surface area (Å²) in [6.45, 7) is 0.181. The summed E-state index contributed by atoms with van der Waals surface area (Å²) < 4.78 is 10.8. The highest BCUT2D eigenvalue weighted by molar-refractivity contribution is 6.37. The molecule has 110 valence electrons. The number of hydrogen-bond donors (Lipinski definition) is 0. The van der Waals surface area contributed by atoms with E-state index in [4.69, 9.17) is 44.3 Å². The predicted octanol–water partition coefficient (Wildman–Crippen LogP) is 4.80. The van der Waals surface area contributed by atoms with Crippen molar-refractivity contribution in [2.45, 2.75) is 6.61 Å². The molecule has 3 nitrogen and oxygen atoms in total. The van der Waals surface area contributed by atoms with Crippen LogP contribution in [0.2, 0.25) is 15.1 Å². The Labute approximate surface area is 137 Å². The van der Waals surface area contributed by atoms with Crippen LogP contribution in [-0.2, 0) is 11.4 Å². The third kappa shape index (κ3) is 4.27. The van der Waals surface area contributed by atoms with Crippen LogP contribution in [-0.4, -0.2) is 12.9 Å². The summed E-state index contributed by atoms with van der Waals surface area (Å²) in [4.78, 5) is 10.3. The molecule has 2 rings (SSSR count). The summed E-state index contributed by atoms with van der Waals surface area (Å²) >= 11 is 18.3. The summed E-state index contributed by atoms with van der Waals surface area (Å²) in [5.41, 5.74) is 0.826. The van der Waals surface area contributed by atoms with Gasteiger partial charge in [-0.05, 0) is 6.07 Å². The lowest BCUT2D eigenvalue weighted by Gasteiger charge is -2.12. The van der Waals surface area contributed by atoms with Crippen molar-refractivity contribution in [1.29, 1.82) is 0 Å². The van der Waals surface area contributed by atoms with Crippen molar-refractivity contribution in [3.05, 3.63) is 57.0 Å². The molecule has 0 spiro atoms. The summed E-state index contributed by atoms with van der Waals surface area (Å²) in [5, 5.41) is 1.21. The second-order valence-electron chi connectivity index (χ2n) is 4.07. The Kier molecular flexibility index (Phi) is 5.74. The number of ether oxygens (including phenoxy) is 2. The number of carbonyl (C=O) groups is 1. The topological polar surface area (TPSA) is 35.5 Å². The van der Waals surface area contributed by atoms with Gasteiger partial charge in [-0.25, -0.2) is 0 Å².